The van der Waals surface area contributed by atoms with Crippen molar-refractivity contribution in [3.63, 3.8) is 0 Å². The Balaban J connectivity index is 1.76. The molecule has 1 aromatic carbocycles. The van der Waals surface area contributed by atoms with Crippen molar-refractivity contribution in [2.75, 3.05) is 11.5 Å². The van der Waals surface area contributed by atoms with Gasteiger partial charge in [0.1, 0.15) is 5.54 Å². The molecule has 2 heterocycles. The summed E-state index contributed by atoms with van der Waals surface area (Å²) in [5, 5.41) is 12.3. The van der Waals surface area contributed by atoms with Crippen molar-refractivity contribution in [3.05, 3.63) is 48.5 Å². The molecule has 0 saturated carbocycles. The van der Waals surface area contributed by atoms with Gasteiger partial charge in [0.2, 0.25) is 0 Å². The Morgan fingerprint density at radius 1 is 1.22 bits per heavy atom. The lowest BCUT2D eigenvalue weighted by Gasteiger charge is -2.33. The van der Waals surface area contributed by atoms with Crippen molar-refractivity contribution < 1.29 is 14.7 Å². The first-order valence-electron chi connectivity index (χ1n) is 7.33. The molecule has 1 amide bonds. The number of rotatable bonds is 4. The molecule has 1 aliphatic rings. The smallest absolute Gasteiger partial charge is 0.329 e. The van der Waals surface area contributed by atoms with E-state index < -0.39 is 11.5 Å². The second-order valence-electron chi connectivity index (χ2n) is 5.47. The largest absolute Gasteiger partial charge is 0.480 e. The molecular formula is C16H17N3O3S. The van der Waals surface area contributed by atoms with Crippen LogP contribution in [0, 0.1) is 0 Å². The highest BCUT2D eigenvalue weighted by Crippen LogP contribution is 2.27. The fourth-order valence-corrected chi connectivity index (χ4v) is 3.79. The van der Waals surface area contributed by atoms with Crippen LogP contribution < -0.4 is 5.32 Å². The van der Waals surface area contributed by atoms with Crippen LogP contribution >= 0.6 is 11.8 Å². The SMILES string of the molecule is O=C(NC1(C(=O)O)CCSCC1)c1ccc(-n2ccnc2)cc1. The quantitative estimate of drug-likeness (QED) is 0.894. The Labute approximate surface area is 137 Å². The van der Waals surface area contributed by atoms with Gasteiger partial charge in [0.05, 0.1) is 6.33 Å². The highest BCUT2D eigenvalue weighted by molar-refractivity contribution is 7.99. The predicted octanol–water partition coefficient (Wildman–Crippen LogP) is 1.95. The second-order valence-corrected chi connectivity index (χ2v) is 6.70. The number of carbonyl (C=O) groups is 2. The molecule has 0 unspecified atom stereocenters. The van der Waals surface area contributed by atoms with Gasteiger partial charge >= 0.3 is 5.97 Å². The maximum Gasteiger partial charge on any atom is 0.329 e. The zero-order valence-corrected chi connectivity index (χ0v) is 13.3. The first kappa shape index (κ1) is 15.6. The molecule has 3 rings (SSSR count). The van der Waals surface area contributed by atoms with Gasteiger partial charge in [0.15, 0.2) is 0 Å². The van der Waals surface area contributed by atoms with Crippen molar-refractivity contribution in [2.45, 2.75) is 18.4 Å². The molecule has 7 heteroatoms. The maximum atomic E-state index is 12.4. The molecule has 1 saturated heterocycles. The molecule has 0 radical (unpaired) electrons. The fraction of sp³-hybridized carbons (Fsp3) is 0.312. The molecule has 1 aromatic heterocycles. The Morgan fingerprint density at radius 3 is 2.48 bits per heavy atom. The highest BCUT2D eigenvalue weighted by atomic mass is 32.2. The van der Waals surface area contributed by atoms with Crippen molar-refractivity contribution in [3.8, 4) is 5.69 Å². The van der Waals surface area contributed by atoms with E-state index in [1.807, 2.05) is 10.8 Å². The first-order valence-corrected chi connectivity index (χ1v) is 8.48. The van der Waals surface area contributed by atoms with Gasteiger partial charge in [0.25, 0.3) is 5.91 Å². The van der Waals surface area contributed by atoms with Crippen molar-refractivity contribution >= 4 is 23.6 Å². The van der Waals surface area contributed by atoms with E-state index in [1.165, 1.54) is 0 Å². The van der Waals surface area contributed by atoms with Gasteiger partial charge in [-0.15, -0.1) is 0 Å². The summed E-state index contributed by atoms with van der Waals surface area (Å²) in [7, 11) is 0. The number of aromatic nitrogens is 2. The minimum absolute atomic E-state index is 0.350. The molecule has 1 fully saturated rings. The monoisotopic (exact) mass is 331 g/mol. The van der Waals surface area contributed by atoms with E-state index in [2.05, 4.69) is 10.3 Å². The van der Waals surface area contributed by atoms with E-state index in [9.17, 15) is 14.7 Å². The van der Waals surface area contributed by atoms with Gasteiger partial charge in [-0.2, -0.15) is 11.8 Å². The number of hydrogen-bond acceptors (Lipinski definition) is 4. The number of nitrogens with one attached hydrogen (secondary N) is 1. The number of hydrogen-bond donors (Lipinski definition) is 2. The second kappa shape index (κ2) is 6.45. The summed E-state index contributed by atoms with van der Waals surface area (Å²) in [5.41, 5.74) is 0.194. The number of carboxylic acids is 1. The molecule has 6 nitrogen and oxygen atoms in total. The van der Waals surface area contributed by atoms with Crippen LogP contribution in [0.3, 0.4) is 0 Å². The van der Waals surface area contributed by atoms with Crippen LogP contribution in [0.4, 0.5) is 0 Å². The Hall–Kier alpha value is -2.28. The summed E-state index contributed by atoms with van der Waals surface area (Å²) in [6.07, 6.45) is 6.07. The molecule has 0 bridgehead atoms. The Kier molecular flexibility index (Phi) is 4.38. The first-order chi connectivity index (χ1) is 11.1. The molecule has 1 aliphatic heterocycles. The number of amides is 1. The average molecular weight is 331 g/mol. The molecule has 23 heavy (non-hydrogen) atoms. The van der Waals surface area contributed by atoms with Crippen LogP contribution in [0.5, 0.6) is 0 Å². The highest BCUT2D eigenvalue weighted by Gasteiger charge is 2.41. The lowest BCUT2D eigenvalue weighted by molar-refractivity contribution is -0.144. The molecule has 0 aliphatic carbocycles. The van der Waals surface area contributed by atoms with Crippen molar-refractivity contribution in [2.24, 2.45) is 0 Å². The normalized spacial score (nSPS) is 16.7. The topological polar surface area (TPSA) is 84.2 Å². The van der Waals surface area contributed by atoms with E-state index in [0.29, 0.717) is 18.4 Å². The van der Waals surface area contributed by atoms with Crippen LogP contribution in [-0.2, 0) is 4.79 Å². The third-order valence-electron chi connectivity index (χ3n) is 4.04. The summed E-state index contributed by atoms with van der Waals surface area (Å²) in [6.45, 7) is 0. The summed E-state index contributed by atoms with van der Waals surface area (Å²) < 4.78 is 1.83. The van der Waals surface area contributed by atoms with Gasteiger partial charge in [0, 0.05) is 23.6 Å². The van der Waals surface area contributed by atoms with Crippen LogP contribution in [0.1, 0.15) is 23.2 Å². The van der Waals surface area contributed by atoms with Gasteiger partial charge in [-0.3, -0.25) is 4.79 Å². The number of imidazole rings is 1. The fourth-order valence-electron chi connectivity index (χ4n) is 2.60. The number of nitrogens with zero attached hydrogens (tertiary/aromatic N) is 2. The average Bonchev–Trinajstić information content (AvgIpc) is 3.10. The number of carboxylic acid groups (broad SMARTS) is 1. The Bertz CT molecular complexity index is 692. The van der Waals surface area contributed by atoms with Crippen LogP contribution in [-0.4, -0.2) is 43.6 Å². The third-order valence-corrected chi connectivity index (χ3v) is 5.03. The molecule has 2 aromatic rings. The van der Waals surface area contributed by atoms with E-state index in [4.69, 9.17) is 0 Å². The van der Waals surface area contributed by atoms with Crippen LogP contribution in [0.25, 0.3) is 5.69 Å². The molecule has 0 spiro atoms. The minimum Gasteiger partial charge on any atom is -0.480 e. The predicted molar refractivity (Wildman–Crippen MR) is 88.0 cm³/mol. The van der Waals surface area contributed by atoms with Crippen molar-refractivity contribution in [1.82, 2.24) is 14.9 Å². The number of thioether (sulfide) groups is 1. The van der Waals surface area contributed by atoms with Gasteiger partial charge in [-0.05, 0) is 48.6 Å². The third kappa shape index (κ3) is 3.24. The minimum atomic E-state index is -1.15. The van der Waals surface area contributed by atoms with Crippen LogP contribution in [0.15, 0.2) is 43.0 Å². The summed E-state index contributed by atoms with van der Waals surface area (Å²) in [4.78, 5) is 28.0. The van der Waals surface area contributed by atoms with E-state index in [1.54, 1.807) is 48.6 Å². The number of aliphatic carboxylic acids is 1. The zero-order valence-electron chi connectivity index (χ0n) is 12.4. The summed E-state index contributed by atoms with van der Waals surface area (Å²) in [5.74, 6) is 0.177. The summed E-state index contributed by atoms with van der Waals surface area (Å²) >= 11 is 1.71. The standard InChI is InChI=1S/C16H17N3O3S/c20-14(18-16(15(21)22)5-9-23-10-6-16)12-1-3-13(4-2-12)19-8-7-17-11-19/h1-4,7-8,11H,5-6,9-10H2,(H,18,20)(H,21,22). The van der Waals surface area contributed by atoms with E-state index in [0.717, 1.165) is 17.2 Å². The Morgan fingerprint density at radius 2 is 1.91 bits per heavy atom. The zero-order chi connectivity index (χ0) is 16.3. The van der Waals surface area contributed by atoms with E-state index in [-0.39, 0.29) is 5.91 Å². The molecule has 120 valence electrons. The molecular weight excluding hydrogens is 314 g/mol. The number of carbonyl (C=O) groups excluding carboxylic acids is 1. The van der Waals surface area contributed by atoms with E-state index >= 15 is 0 Å². The lowest BCUT2D eigenvalue weighted by atomic mass is 9.92. The molecule has 0 atom stereocenters. The summed E-state index contributed by atoms with van der Waals surface area (Å²) in [6, 6.07) is 7.00. The van der Waals surface area contributed by atoms with Crippen LogP contribution in [0.2, 0.25) is 0 Å². The van der Waals surface area contributed by atoms with Crippen molar-refractivity contribution in [1.29, 1.82) is 0 Å². The lowest BCUT2D eigenvalue weighted by Crippen LogP contribution is -2.56. The van der Waals surface area contributed by atoms with Gasteiger partial charge in [-0.25, -0.2) is 9.78 Å². The molecule has 2 N–H and O–H groups in total. The number of benzene rings is 1. The maximum absolute atomic E-state index is 12.4. The van der Waals surface area contributed by atoms with Gasteiger partial charge < -0.3 is 15.0 Å². The van der Waals surface area contributed by atoms with Gasteiger partial charge in [-0.1, -0.05) is 0 Å².